The van der Waals surface area contributed by atoms with Gasteiger partial charge in [0.1, 0.15) is 5.75 Å². The van der Waals surface area contributed by atoms with Crippen LogP contribution in [0.4, 0.5) is 11.4 Å². The number of rotatable bonds is 2. The molecule has 0 heterocycles. The van der Waals surface area contributed by atoms with Crippen LogP contribution in [0.1, 0.15) is 5.56 Å². The van der Waals surface area contributed by atoms with Crippen LogP contribution in [-0.2, 0) is 0 Å². The van der Waals surface area contributed by atoms with Crippen LogP contribution in [0.2, 0.25) is 0 Å². The fourth-order valence-electron chi connectivity index (χ4n) is 1.07. The molecule has 0 aliphatic rings. The van der Waals surface area contributed by atoms with E-state index in [-0.39, 0.29) is 5.69 Å². The molecule has 5 nitrogen and oxygen atoms in total. The van der Waals surface area contributed by atoms with E-state index >= 15 is 0 Å². The van der Waals surface area contributed by atoms with E-state index < -0.39 is 4.92 Å². The number of aryl methyl sites for hydroxylation is 1. The van der Waals surface area contributed by atoms with Crippen LogP contribution in [0.5, 0.6) is 5.75 Å². The molecule has 0 aromatic heterocycles. The van der Waals surface area contributed by atoms with Crippen molar-refractivity contribution >= 4 is 11.4 Å². The standard InChI is InChI=1S/C8H10N2O3/c1-5-3-6(9)8(13-2)4-7(5)10(11)12/h3-4H,9H2,1-2H3. The monoisotopic (exact) mass is 182 g/mol. The van der Waals surface area contributed by atoms with E-state index in [0.29, 0.717) is 17.0 Å². The van der Waals surface area contributed by atoms with Crippen LogP contribution in [0, 0.1) is 17.0 Å². The SMILES string of the molecule is COc1cc([N+](=O)[O-])c(C)cc1N. The minimum Gasteiger partial charge on any atom is -0.494 e. The second-order valence-corrected chi connectivity index (χ2v) is 2.64. The van der Waals surface area contributed by atoms with Crippen LogP contribution in [0.15, 0.2) is 12.1 Å². The zero-order valence-electron chi connectivity index (χ0n) is 7.40. The van der Waals surface area contributed by atoms with Crippen LogP contribution < -0.4 is 10.5 Å². The summed E-state index contributed by atoms with van der Waals surface area (Å²) in [6.07, 6.45) is 0. The van der Waals surface area contributed by atoms with Gasteiger partial charge in [-0.05, 0) is 13.0 Å². The van der Waals surface area contributed by atoms with Crippen molar-refractivity contribution in [3.05, 3.63) is 27.8 Å². The number of nitro groups is 1. The van der Waals surface area contributed by atoms with Crippen LogP contribution in [0.3, 0.4) is 0 Å². The Morgan fingerprint density at radius 2 is 2.15 bits per heavy atom. The third kappa shape index (κ3) is 1.69. The Morgan fingerprint density at radius 3 is 2.62 bits per heavy atom. The van der Waals surface area contributed by atoms with Crippen molar-refractivity contribution in [1.29, 1.82) is 0 Å². The van der Waals surface area contributed by atoms with Gasteiger partial charge in [-0.25, -0.2) is 0 Å². The van der Waals surface area contributed by atoms with Crippen molar-refractivity contribution in [1.82, 2.24) is 0 Å². The molecule has 70 valence electrons. The third-order valence-electron chi connectivity index (χ3n) is 1.74. The molecule has 0 saturated carbocycles. The van der Waals surface area contributed by atoms with Crippen molar-refractivity contribution in [2.24, 2.45) is 0 Å². The lowest BCUT2D eigenvalue weighted by molar-refractivity contribution is -0.385. The summed E-state index contributed by atoms with van der Waals surface area (Å²) in [7, 11) is 1.42. The number of hydrogen-bond donors (Lipinski definition) is 1. The number of anilines is 1. The van der Waals surface area contributed by atoms with Gasteiger partial charge >= 0.3 is 0 Å². The highest BCUT2D eigenvalue weighted by atomic mass is 16.6. The largest absolute Gasteiger partial charge is 0.494 e. The highest BCUT2D eigenvalue weighted by molar-refractivity contribution is 5.61. The summed E-state index contributed by atoms with van der Waals surface area (Å²) in [6.45, 7) is 1.63. The maximum absolute atomic E-state index is 10.5. The molecule has 5 heteroatoms. The van der Waals surface area contributed by atoms with E-state index in [1.807, 2.05) is 0 Å². The van der Waals surface area contributed by atoms with E-state index in [0.717, 1.165) is 0 Å². The highest BCUT2D eigenvalue weighted by Gasteiger charge is 2.13. The van der Waals surface area contributed by atoms with Crippen LogP contribution in [0.25, 0.3) is 0 Å². The van der Waals surface area contributed by atoms with E-state index in [9.17, 15) is 10.1 Å². The van der Waals surface area contributed by atoms with Crippen molar-refractivity contribution < 1.29 is 9.66 Å². The predicted octanol–water partition coefficient (Wildman–Crippen LogP) is 1.49. The van der Waals surface area contributed by atoms with Gasteiger partial charge in [0, 0.05) is 5.56 Å². The summed E-state index contributed by atoms with van der Waals surface area (Å²) >= 11 is 0. The second-order valence-electron chi connectivity index (χ2n) is 2.64. The molecule has 0 unspecified atom stereocenters. The minimum absolute atomic E-state index is 0.0195. The van der Waals surface area contributed by atoms with Gasteiger partial charge < -0.3 is 10.5 Å². The molecular weight excluding hydrogens is 172 g/mol. The molecular formula is C8H10N2O3. The molecule has 0 spiro atoms. The van der Waals surface area contributed by atoms with Crippen molar-refractivity contribution in [2.45, 2.75) is 6.92 Å². The minimum atomic E-state index is -0.461. The average molecular weight is 182 g/mol. The van der Waals surface area contributed by atoms with Gasteiger partial charge in [0.2, 0.25) is 0 Å². The molecule has 0 aliphatic heterocycles. The normalized spacial score (nSPS) is 9.69. The Balaban J connectivity index is 3.30. The zero-order valence-corrected chi connectivity index (χ0v) is 7.40. The first-order valence-corrected chi connectivity index (χ1v) is 3.64. The molecule has 0 amide bonds. The predicted molar refractivity (Wildman–Crippen MR) is 48.8 cm³/mol. The Hall–Kier alpha value is -1.78. The molecule has 0 atom stereocenters. The fraction of sp³-hybridized carbons (Fsp3) is 0.250. The van der Waals surface area contributed by atoms with Gasteiger partial charge in [-0.2, -0.15) is 0 Å². The van der Waals surface area contributed by atoms with Crippen LogP contribution in [-0.4, -0.2) is 12.0 Å². The summed E-state index contributed by atoms with van der Waals surface area (Å²) in [6, 6.07) is 2.85. The number of nitro benzene ring substituents is 1. The van der Waals surface area contributed by atoms with Crippen molar-refractivity contribution in [3.63, 3.8) is 0 Å². The first kappa shape index (κ1) is 9.31. The lowest BCUT2D eigenvalue weighted by atomic mass is 10.1. The number of nitrogen functional groups attached to an aromatic ring is 1. The molecule has 0 saturated heterocycles. The van der Waals surface area contributed by atoms with E-state index in [1.165, 1.54) is 19.2 Å². The molecule has 2 N–H and O–H groups in total. The first-order valence-electron chi connectivity index (χ1n) is 3.64. The van der Waals surface area contributed by atoms with Gasteiger partial charge in [0.15, 0.2) is 0 Å². The van der Waals surface area contributed by atoms with Gasteiger partial charge in [-0.3, -0.25) is 10.1 Å². The molecule has 0 aliphatic carbocycles. The summed E-state index contributed by atoms with van der Waals surface area (Å²) in [5.74, 6) is 0.331. The summed E-state index contributed by atoms with van der Waals surface area (Å²) in [5.41, 5.74) is 6.51. The van der Waals surface area contributed by atoms with Gasteiger partial charge in [-0.1, -0.05) is 0 Å². The maximum Gasteiger partial charge on any atom is 0.276 e. The Kier molecular flexibility index (Phi) is 2.36. The lowest BCUT2D eigenvalue weighted by Gasteiger charge is -2.05. The second kappa shape index (κ2) is 3.30. The van der Waals surface area contributed by atoms with Gasteiger partial charge in [0.25, 0.3) is 5.69 Å². The number of hydrogen-bond acceptors (Lipinski definition) is 4. The number of nitrogens with two attached hydrogens (primary N) is 1. The summed E-state index contributed by atoms with van der Waals surface area (Å²) in [4.78, 5) is 10.0. The smallest absolute Gasteiger partial charge is 0.276 e. The lowest BCUT2D eigenvalue weighted by Crippen LogP contribution is -1.97. The number of nitrogens with zero attached hydrogens (tertiary/aromatic N) is 1. The highest BCUT2D eigenvalue weighted by Crippen LogP contribution is 2.29. The maximum atomic E-state index is 10.5. The molecule has 13 heavy (non-hydrogen) atoms. The summed E-state index contributed by atoms with van der Waals surface area (Å²) < 4.78 is 4.86. The van der Waals surface area contributed by atoms with Gasteiger partial charge in [-0.15, -0.1) is 0 Å². The number of benzene rings is 1. The molecule has 1 aromatic carbocycles. The van der Waals surface area contributed by atoms with Crippen molar-refractivity contribution in [2.75, 3.05) is 12.8 Å². The first-order chi connectivity index (χ1) is 6.06. The number of methoxy groups -OCH3 is 1. The van der Waals surface area contributed by atoms with E-state index in [2.05, 4.69) is 0 Å². The van der Waals surface area contributed by atoms with E-state index in [1.54, 1.807) is 6.92 Å². The Bertz CT molecular complexity index is 349. The fourth-order valence-corrected chi connectivity index (χ4v) is 1.07. The number of ether oxygens (including phenoxy) is 1. The Morgan fingerprint density at radius 1 is 1.54 bits per heavy atom. The van der Waals surface area contributed by atoms with Crippen molar-refractivity contribution in [3.8, 4) is 5.75 Å². The molecule has 0 radical (unpaired) electrons. The zero-order chi connectivity index (χ0) is 10.0. The molecule has 1 rings (SSSR count). The Labute approximate surface area is 75.3 Å². The van der Waals surface area contributed by atoms with Crippen LogP contribution >= 0.6 is 0 Å². The summed E-state index contributed by atoms with van der Waals surface area (Å²) in [5, 5.41) is 10.5. The molecule has 0 fully saturated rings. The third-order valence-corrected chi connectivity index (χ3v) is 1.74. The molecule has 1 aromatic rings. The quantitative estimate of drug-likeness (QED) is 0.427. The van der Waals surface area contributed by atoms with E-state index in [4.69, 9.17) is 10.5 Å². The van der Waals surface area contributed by atoms with Gasteiger partial charge in [0.05, 0.1) is 23.8 Å². The average Bonchev–Trinajstić information content (AvgIpc) is 2.03. The molecule has 0 bridgehead atoms. The topological polar surface area (TPSA) is 78.4 Å².